The van der Waals surface area contributed by atoms with Gasteiger partial charge in [0.15, 0.2) is 0 Å². The van der Waals surface area contributed by atoms with Gasteiger partial charge in [-0.3, -0.25) is 19.7 Å². The third kappa shape index (κ3) is 3.93. The molecule has 3 rings (SSSR count). The van der Waals surface area contributed by atoms with Gasteiger partial charge in [-0.25, -0.2) is 0 Å². The molecule has 1 saturated heterocycles. The predicted molar refractivity (Wildman–Crippen MR) is 86.9 cm³/mol. The molecule has 1 atom stereocenters. The van der Waals surface area contributed by atoms with Crippen molar-refractivity contribution >= 4 is 5.97 Å². The molecule has 3 heterocycles. The van der Waals surface area contributed by atoms with Crippen LogP contribution in [-0.2, 0) is 11.2 Å². The van der Waals surface area contributed by atoms with Crippen molar-refractivity contribution in [2.75, 3.05) is 13.1 Å². The van der Waals surface area contributed by atoms with E-state index in [1.807, 2.05) is 48.8 Å². The minimum Gasteiger partial charge on any atom is -0.481 e. The number of carbonyl (C=O) groups is 1. The third-order valence-electron chi connectivity index (χ3n) is 4.48. The molecule has 0 aliphatic carbocycles. The number of hydrogen-bond acceptors (Lipinski definition) is 4. The highest BCUT2D eigenvalue weighted by atomic mass is 16.4. The van der Waals surface area contributed by atoms with Gasteiger partial charge in [-0.1, -0.05) is 12.1 Å². The zero-order chi connectivity index (χ0) is 16.1. The van der Waals surface area contributed by atoms with Crippen LogP contribution in [0.1, 0.15) is 30.3 Å². The van der Waals surface area contributed by atoms with Crippen LogP contribution in [0, 0.1) is 5.92 Å². The molecule has 120 valence electrons. The second-order valence-corrected chi connectivity index (χ2v) is 5.94. The number of carboxylic acids is 1. The average molecular weight is 311 g/mol. The number of carboxylic acid groups (broad SMARTS) is 1. The summed E-state index contributed by atoms with van der Waals surface area (Å²) in [6.07, 6.45) is 5.80. The van der Waals surface area contributed by atoms with Crippen LogP contribution in [0.5, 0.6) is 0 Å². The highest BCUT2D eigenvalue weighted by Crippen LogP contribution is 2.28. The minimum atomic E-state index is -0.677. The molecule has 0 radical (unpaired) electrons. The van der Waals surface area contributed by atoms with Crippen LogP contribution in [0.3, 0.4) is 0 Å². The molecule has 5 nitrogen and oxygen atoms in total. The van der Waals surface area contributed by atoms with Gasteiger partial charge >= 0.3 is 5.97 Å². The Morgan fingerprint density at radius 3 is 2.39 bits per heavy atom. The van der Waals surface area contributed by atoms with E-state index in [1.54, 1.807) is 0 Å². The van der Waals surface area contributed by atoms with Crippen LogP contribution in [0.2, 0.25) is 0 Å². The second kappa shape index (κ2) is 7.33. The monoisotopic (exact) mass is 311 g/mol. The van der Waals surface area contributed by atoms with E-state index in [1.165, 1.54) is 0 Å². The molecule has 1 unspecified atom stereocenters. The van der Waals surface area contributed by atoms with Gasteiger partial charge in [0, 0.05) is 24.5 Å². The number of pyridine rings is 2. The average Bonchev–Trinajstić information content (AvgIpc) is 2.61. The largest absolute Gasteiger partial charge is 0.481 e. The van der Waals surface area contributed by atoms with Crippen molar-refractivity contribution in [3.8, 4) is 0 Å². The Morgan fingerprint density at radius 1 is 1.13 bits per heavy atom. The lowest BCUT2D eigenvalue weighted by molar-refractivity contribution is -0.143. The number of piperidine rings is 1. The fourth-order valence-corrected chi connectivity index (χ4v) is 3.17. The maximum absolute atomic E-state index is 11.2. The minimum absolute atomic E-state index is 0.140. The van der Waals surface area contributed by atoms with Gasteiger partial charge in [0.25, 0.3) is 0 Å². The van der Waals surface area contributed by atoms with Crippen molar-refractivity contribution in [1.29, 1.82) is 0 Å². The quantitative estimate of drug-likeness (QED) is 0.919. The molecule has 23 heavy (non-hydrogen) atoms. The number of aromatic nitrogens is 2. The molecule has 1 aliphatic rings. The van der Waals surface area contributed by atoms with Crippen molar-refractivity contribution < 1.29 is 9.90 Å². The van der Waals surface area contributed by atoms with Crippen molar-refractivity contribution in [2.24, 2.45) is 5.92 Å². The smallest absolute Gasteiger partial charge is 0.306 e. The number of aliphatic carboxylic acids is 1. The zero-order valence-electron chi connectivity index (χ0n) is 13.0. The molecule has 2 aromatic rings. The Labute approximate surface area is 136 Å². The molecule has 0 aromatic carbocycles. The Morgan fingerprint density at radius 2 is 1.83 bits per heavy atom. The standard InChI is InChI=1S/C18H21N3O2/c22-18(23)14-7-11-21(12-8-14)17(16-6-2-4-10-20-16)13-15-5-1-3-9-19-15/h1-6,9-10,14,17H,7-8,11-13H2,(H,22,23). The summed E-state index contributed by atoms with van der Waals surface area (Å²) < 4.78 is 0. The normalized spacial score (nSPS) is 17.7. The lowest BCUT2D eigenvalue weighted by atomic mass is 9.94. The van der Waals surface area contributed by atoms with Gasteiger partial charge in [-0.15, -0.1) is 0 Å². The first-order valence-electron chi connectivity index (χ1n) is 8.01. The van der Waals surface area contributed by atoms with Gasteiger partial charge in [0.1, 0.15) is 0 Å². The lowest BCUT2D eigenvalue weighted by Crippen LogP contribution is -2.39. The Kier molecular flexibility index (Phi) is 4.98. The number of hydrogen-bond donors (Lipinski definition) is 1. The SMILES string of the molecule is O=C(O)C1CCN(C(Cc2ccccn2)c2ccccn2)CC1. The molecule has 0 amide bonds. The predicted octanol–water partition coefficient (Wildman–Crippen LogP) is 2.56. The van der Waals surface area contributed by atoms with Crippen molar-refractivity contribution in [1.82, 2.24) is 14.9 Å². The maximum Gasteiger partial charge on any atom is 0.306 e. The molecular formula is C18H21N3O2. The molecule has 2 aromatic heterocycles. The molecule has 0 bridgehead atoms. The topological polar surface area (TPSA) is 66.3 Å². The summed E-state index contributed by atoms with van der Waals surface area (Å²) in [4.78, 5) is 22.4. The van der Waals surface area contributed by atoms with E-state index in [9.17, 15) is 9.90 Å². The van der Waals surface area contributed by atoms with Crippen LogP contribution >= 0.6 is 0 Å². The van der Waals surface area contributed by atoms with E-state index in [0.29, 0.717) is 12.8 Å². The van der Waals surface area contributed by atoms with Crippen molar-refractivity contribution in [3.05, 3.63) is 60.2 Å². The van der Waals surface area contributed by atoms with Crippen LogP contribution in [0.4, 0.5) is 0 Å². The van der Waals surface area contributed by atoms with Crippen molar-refractivity contribution in [3.63, 3.8) is 0 Å². The second-order valence-electron chi connectivity index (χ2n) is 5.94. The number of rotatable bonds is 5. The van der Waals surface area contributed by atoms with Gasteiger partial charge in [-0.05, 0) is 50.2 Å². The Bertz CT molecular complexity index is 625. The van der Waals surface area contributed by atoms with Gasteiger partial charge in [0.2, 0.25) is 0 Å². The Balaban J connectivity index is 1.77. The van der Waals surface area contributed by atoms with Gasteiger partial charge < -0.3 is 5.11 Å². The van der Waals surface area contributed by atoms with Crippen LogP contribution < -0.4 is 0 Å². The van der Waals surface area contributed by atoms with Gasteiger partial charge in [-0.2, -0.15) is 0 Å². The van der Waals surface area contributed by atoms with Crippen LogP contribution in [0.15, 0.2) is 48.8 Å². The van der Waals surface area contributed by atoms with Crippen LogP contribution in [0.25, 0.3) is 0 Å². The Hall–Kier alpha value is -2.27. The number of nitrogens with zero attached hydrogens (tertiary/aromatic N) is 3. The zero-order valence-corrected chi connectivity index (χ0v) is 13.0. The maximum atomic E-state index is 11.2. The molecular weight excluding hydrogens is 290 g/mol. The first-order chi connectivity index (χ1) is 11.2. The summed E-state index contributed by atoms with van der Waals surface area (Å²) in [5, 5.41) is 9.17. The summed E-state index contributed by atoms with van der Waals surface area (Å²) in [7, 11) is 0. The van der Waals surface area contributed by atoms with E-state index >= 15 is 0 Å². The first-order valence-corrected chi connectivity index (χ1v) is 8.01. The van der Waals surface area contributed by atoms with Crippen LogP contribution in [-0.4, -0.2) is 39.0 Å². The van der Waals surface area contributed by atoms with E-state index in [2.05, 4.69) is 14.9 Å². The fraction of sp³-hybridized carbons (Fsp3) is 0.389. The van der Waals surface area contributed by atoms with Crippen molar-refractivity contribution in [2.45, 2.75) is 25.3 Å². The van der Waals surface area contributed by atoms with E-state index in [-0.39, 0.29) is 12.0 Å². The molecule has 1 fully saturated rings. The van der Waals surface area contributed by atoms with Gasteiger partial charge in [0.05, 0.1) is 17.7 Å². The summed E-state index contributed by atoms with van der Waals surface area (Å²) in [6.45, 7) is 1.57. The highest BCUT2D eigenvalue weighted by Gasteiger charge is 2.30. The molecule has 0 spiro atoms. The summed E-state index contributed by atoms with van der Waals surface area (Å²) >= 11 is 0. The summed E-state index contributed by atoms with van der Waals surface area (Å²) in [5.74, 6) is -0.894. The van der Waals surface area contributed by atoms with E-state index in [4.69, 9.17) is 0 Å². The highest BCUT2D eigenvalue weighted by molar-refractivity contribution is 5.70. The lowest BCUT2D eigenvalue weighted by Gasteiger charge is -2.36. The molecule has 1 N–H and O–H groups in total. The summed E-state index contributed by atoms with van der Waals surface area (Å²) in [5.41, 5.74) is 2.05. The fourth-order valence-electron chi connectivity index (χ4n) is 3.17. The van der Waals surface area contributed by atoms with E-state index < -0.39 is 5.97 Å². The molecule has 5 heteroatoms. The first kappa shape index (κ1) is 15.6. The van der Waals surface area contributed by atoms with E-state index in [0.717, 1.165) is 30.9 Å². The summed E-state index contributed by atoms with van der Waals surface area (Å²) in [6, 6.07) is 12.0. The third-order valence-corrected chi connectivity index (χ3v) is 4.48. The molecule has 1 aliphatic heterocycles. The molecule has 0 saturated carbocycles. The number of likely N-dealkylation sites (tertiary alicyclic amines) is 1.